The molecular formula is C22H28ClNO3. The summed E-state index contributed by atoms with van der Waals surface area (Å²) >= 11 is 0. The van der Waals surface area contributed by atoms with Crippen LogP contribution in [-0.4, -0.2) is 42.4 Å². The van der Waals surface area contributed by atoms with E-state index in [1.54, 1.807) is 0 Å². The molecule has 2 aromatic carbocycles. The lowest BCUT2D eigenvalue weighted by Crippen LogP contribution is -2.40. The molecule has 1 fully saturated rings. The molecular weight excluding hydrogens is 362 g/mol. The van der Waals surface area contributed by atoms with Crippen molar-refractivity contribution < 1.29 is 14.3 Å². The van der Waals surface area contributed by atoms with Gasteiger partial charge < -0.3 is 19.2 Å². The van der Waals surface area contributed by atoms with Crippen molar-refractivity contribution >= 4 is 34.3 Å². The van der Waals surface area contributed by atoms with Gasteiger partial charge in [-0.05, 0) is 44.2 Å². The highest BCUT2D eigenvalue weighted by Crippen LogP contribution is 2.31. The molecule has 1 saturated carbocycles. The normalized spacial score (nSPS) is 16.6. The highest BCUT2D eigenvalue weighted by molar-refractivity contribution is 6.05. The van der Waals surface area contributed by atoms with Crippen LogP contribution in [0.2, 0.25) is 0 Å². The van der Waals surface area contributed by atoms with Crippen molar-refractivity contribution in [3.8, 4) is 5.75 Å². The van der Waals surface area contributed by atoms with E-state index in [4.69, 9.17) is 9.15 Å². The molecule has 1 aromatic heterocycles. The van der Waals surface area contributed by atoms with Crippen molar-refractivity contribution in [3.63, 3.8) is 0 Å². The first-order valence-electron chi connectivity index (χ1n) is 9.63. The smallest absolute Gasteiger partial charge is 0.135 e. The number of likely N-dealkylation sites (N-methyl/N-ethyl adjacent to an activating group) is 1. The summed E-state index contributed by atoms with van der Waals surface area (Å²) in [5.41, 5.74) is 1.74. The molecule has 0 bridgehead atoms. The maximum atomic E-state index is 10.4. The van der Waals surface area contributed by atoms with Crippen LogP contribution in [0.25, 0.3) is 21.9 Å². The van der Waals surface area contributed by atoms with Crippen LogP contribution in [0.5, 0.6) is 5.75 Å². The Morgan fingerprint density at radius 1 is 1.07 bits per heavy atom. The van der Waals surface area contributed by atoms with Gasteiger partial charge in [0.05, 0.1) is 0 Å². The lowest BCUT2D eigenvalue weighted by molar-refractivity contribution is 0.0562. The quantitative estimate of drug-likeness (QED) is 0.643. The molecule has 0 saturated heterocycles. The minimum absolute atomic E-state index is 0. The molecule has 1 aliphatic carbocycles. The van der Waals surface area contributed by atoms with E-state index < -0.39 is 6.10 Å². The number of fused-ring (bicyclic) bond motifs is 3. The third-order valence-electron chi connectivity index (χ3n) is 5.49. The van der Waals surface area contributed by atoms with Gasteiger partial charge in [-0.2, -0.15) is 0 Å². The lowest BCUT2D eigenvalue weighted by atomic mass is 9.94. The van der Waals surface area contributed by atoms with Gasteiger partial charge >= 0.3 is 0 Å². The minimum Gasteiger partial charge on any atom is -0.491 e. The van der Waals surface area contributed by atoms with E-state index in [9.17, 15) is 5.11 Å². The van der Waals surface area contributed by atoms with Crippen molar-refractivity contribution in [3.05, 3.63) is 42.5 Å². The fraction of sp³-hybridized carbons (Fsp3) is 0.455. The molecule has 1 atom stereocenters. The van der Waals surface area contributed by atoms with Gasteiger partial charge in [0.1, 0.15) is 29.6 Å². The summed E-state index contributed by atoms with van der Waals surface area (Å²) in [5, 5.41) is 12.5. The van der Waals surface area contributed by atoms with Crippen molar-refractivity contribution in [1.82, 2.24) is 4.90 Å². The summed E-state index contributed by atoms with van der Waals surface area (Å²) in [6.45, 7) is 0.958. The van der Waals surface area contributed by atoms with Crippen molar-refractivity contribution in [2.45, 2.75) is 44.2 Å². The molecule has 1 unspecified atom stereocenters. The number of ether oxygens (including phenoxy) is 1. The van der Waals surface area contributed by atoms with Crippen LogP contribution in [0.4, 0.5) is 0 Å². The van der Waals surface area contributed by atoms with Gasteiger partial charge in [0.2, 0.25) is 0 Å². The number of aliphatic hydroxyl groups excluding tert-OH is 1. The number of rotatable bonds is 6. The molecule has 0 spiro atoms. The molecule has 1 N–H and O–H groups in total. The average Bonchev–Trinajstić information content (AvgIpc) is 3.05. The van der Waals surface area contributed by atoms with Crippen molar-refractivity contribution in [1.29, 1.82) is 0 Å². The number of furan rings is 1. The van der Waals surface area contributed by atoms with E-state index in [0.717, 1.165) is 27.7 Å². The number of aliphatic hydroxyl groups is 1. The summed E-state index contributed by atoms with van der Waals surface area (Å²) in [6, 6.07) is 14.5. The Kier molecular flexibility index (Phi) is 6.64. The van der Waals surface area contributed by atoms with Crippen LogP contribution < -0.4 is 4.74 Å². The fourth-order valence-electron chi connectivity index (χ4n) is 4.04. The van der Waals surface area contributed by atoms with Gasteiger partial charge in [-0.3, -0.25) is 0 Å². The van der Waals surface area contributed by atoms with Gasteiger partial charge in [0, 0.05) is 23.4 Å². The highest BCUT2D eigenvalue weighted by Gasteiger charge is 2.20. The molecule has 3 aromatic rings. The fourth-order valence-corrected chi connectivity index (χ4v) is 4.04. The lowest BCUT2D eigenvalue weighted by Gasteiger charge is -2.32. The number of nitrogens with zero attached hydrogens (tertiary/aromatic N) is 1. The molecule has 0 radical (unpaired) electrons. The summed E-state index contributed by atoms with van der Waals surface area (Å²) in [5.74, 6) is 0.767. The SMILES string of the molecule is CN(CC(O)COc1ccc2oc3ccccc3c2c1)C1CCCCC1.Cl. The molecule has 4 rings (SSSR count). The van der Waals surface area contributed by atoms with E-state index in [1.165, 1.54) is 32.1 Å². The van der Waals surface area contributed by atoms with E-state index >= 15 is 0 Å². The first-order chi connectivity index (χ1) is 12.7. The number of hydrogen-bond acceptors (Lipinski definition) is 4. The summed E-state index contributed by atoms with van der Waals surface area (Å²) in [7, 11) is 2.11. The van der Waals surface area contributed by atoms with Crippen LogP contribution in [0, 0.1) is 0 Å². The van der Waals surface area contributed by atoms with E-state index in [1.807, 2.05) is 36.4 Å². The topological polar surface area (TPSA) is 45.8 Å². The zero-order valence-electron chi connectivity index (χ0n) is 15.8. The highest BCUT2D eigenvalue weighted by atomic mass is 35.5. The van der Waals surface area contributed by atoms with Crippen LogP contribution in [0.15, 0.2) is 46.9 Å². The Bertz CT molecular complexity index is 872. The van der Waals surface area contributed by atoms with Gasteiger partial charge in [-0.15, -0.1) is 12.4 Å². The maximum Gasteiger partial charge on any atom is 0.135 e. The Morgan fingerprint density at radius 2 is 1.81 bits per heavy atom. The second kappa shape index (κ2) is 8.96. The van der Waals surface area contributed by atoms with Gasteiger partial charge in [-0.25, -0.2) is 0 Å². The van der Waals surface area contributed by atoms with E-state index in [-0.39, 0.29) is 12.4 Å². The summed E-state index contributed by atoms with van der Waals surface area (Å²) in [4.78, 5) is 2.29. The van der Waals surface area contributed by atoms with Crippen molar-refractivity contribution in [2.24, 2.45) is 0 Å². The number of halogens is 1. The molecule has 0 amide bonds. The molecule has 5 heteroatoms. The Hall–Kier alpha value is -1.75. The number of hydrogen-bond donors (Lipinski definition) is 1. The van der Waals surface area contributed by atoms with Crippen molar-refractivity contribution in [2.75, 3.05) is 20.2 Å². The van der Waals surface area contributed by atoms with Gasteiger partial charge in [-0.1, -0.05) is 37.5 Å². The van der Waals surface area contributed by atoms with Crippen LogP contribution >= 0.6 is 12.4 Å². The molecule has 0 aliphatic heterocycles. The minimum atomic E-state index is -0.487. The van der Waals surface area contributed by atoms with Crippen LogP contribution in [-0.2, 0) is 0 Å². The molecule has 4 nitrogen and oxygen atoms in total. The second-order valence-corrected chi connectivity index (χ2v) is 7.45. The van der Waals surface area contributed by atoms with E-state index in [2.05, 4.69) is 18.0 Å². The van der Waals surface area contributed by atoms with Gasteiger partial charge in [0.15, 0.2) is 0 Å². The zero-order chi connectivity index (χ0) is 17.9. The third-order valence-corrected chi connectivity index (χ3v) is 5.49. The Labute approximate surface area is 166 Å². The zero-order valence-corrected chi connectivity index (χ0v) is 16.6. The largest absolute Gasteiger partial charge is 0.491 e. The molecule has 1 aliphatic rings. The first kappa shape index (κ1) is 20.0. The number of para-hydroxylation sites is 1. The van der Waals surface area contributed by atoms with Gasteiger partial charge in [0.25, 0.3) is 0 Å². The standard InChI is InChI=1S/C22H27NO3.ClH/c1-23(16-7-3-2-4-8-16)14-17(24)15-25-18-11-12-22-20(13-18)19-9-5-6-10-21(19)26-22;/h5-6,9-13,16-17,24H,2-4,7-8,14-15H2,1H3;1H. The summed E-state index contributed by atoms with van der Waals surface area (Å²) < 4.78 is 11.7. The molecule has 146 valence electrons. The molecule has 1 heterocycles. The first-order valence-corrected chi connectivity index (χ1v) is 9.63. The predicted molar refractivity (Wildman–Crippen MR) is 112 cm³/mol. The van der Waals surface area contributed by atoms with Crippen LogP contribution in [0.1, 0.15) is 32.1 Å². The number of benzene rings is 2. The Morgan fingerprint density at radius 3 is 2.63 bits per heavy atom. The maximum absolute atomic E-state index is 10.4. The second-order valence-electron chi connectivity index (χ2n) is 7.45. The summed E-state index contributed by atoms with van der Waals surface area (Å²) in [6.07, 6.45) is 5.96. The molecule has 27 heavy (non-hydrogen) atoms. The monoisotopic (exact) mass is 389 g/mol. The predicted octanol–water partition coefficient (Wildman–Crippen LogP) is 5.01. The average molecular weight is 390 g/mol. The van der Waals surface area contributed by atoms with E-state index in [0.29, 0.717) is 19.2 Å². The van der Waals surface area contributed by atoms with Crippen LogP contribution in [0.3, 0.4) is 0 Å². The Balaban J connectivity index is 0.00000210. The third kappa shape index (κ3) is 4.57.